The zero-order valence-corrected chi connectivity index (χ0v) is 9.60. The molecule has 0 amide bonds. The van der Waals surface area contributed by atoms with Crippen molar-refractivity contribution in [1.82, 2.24) is 0 Å². The quantitative estimate of drug-likeness (QED) is 0.628. The molecule has 0 N–H and O–H groups in total. The predicted molar refractivity (Wildman–Crippen MR) is 54.5 cm³/mol. The van der Waals surface area contributed by atoms with Crippen molar-refractivity contribution in [2.45, 2.75) is 11.3 Å². The number of rotatable bonds is 3. The molecule has 0 spiro atoms. The van der Waals surface area contributed by atoms with Crippen LogP contribution in [0.2, 0.25) is 0 Å². The van der Waals surface area contributed by atoms with E-state index < -0.39 is 31.5 Å². The molecule has 0 aromatic heterocycles. The first-order valence-electron chi connectivity index (χ1n) is 4.08. The van der Waals surface area contributed by atoms with Gasteiger partial charge in [0, 0.05) is 16.2 Å². The number of hydrogen-bond donors (Lipinski definition) is 0. The summed E-state index contributed by atoms with van der Waals surface area (Å²) in [7, 11) is 0.447. The van der Waals surface area contributed by atoms with Crippen LogP contribution in [0.25, 0.3) is 0 Å². The van der Waals surface area contributed by atoms with Crippen molar-refractivity contribution in [3.8, 4) is 6.07 Å². The Morgan fingerprint density at radius 3 is 2.35 bits per heavy atom. The molecule has 0 saturated carbocycles. The topological polar surface area (TPSA) is 75.0 Å². The van der Waals surface area contributed by atoms with Crippen LogP contribution in [0.4, 0.5) is 8.78 Å². The van der Waals surface area contributed by atoms with E-state index in [1.54, 1.807) is 0 Å². The smallest absolute Gasteiger partial charge is 0.265 e. The number of alkyl halides is 2. The third-order valence-corrected chi connectivity index (χ3v) is 3.35. The monoisotopic (exact) mass is 279 g/mol. The van der Waals surface area contributed by atoms with Gasteiger partial charge in [-0.3, -0.25) is 4.79 Å². The third kappa shape index (κ3) is 2.60. The van der Waals surface area contributed by atoms with Crippen molar-refractivity contribution in [3.63, 3.8) is 0 Å². The number of carbonyl (C=O) groups is 1. The van der Waals surface area contributed by atoms with Gasteiger partial charge in [0.25, 0.3) is 15.5 Å². The van der Waals surface area contributed by atoms with Gasteiger partial charge < -0.3 is 0 Å². The maximum atomic E-state index is 12.6. The van der Waals surface area contributed by atoms with E-state index in [1.807, 2.05) is 0 Å². The largest absolute Gasteiger partial charge is 0.298 e. The summed E-state index contributed by atoms with van der Waals surface area (Å²) in [5.41, 5.74) is -1.88. The van der Waals surface area contributed by atoms with Crippen molar-refractivity contribution in [3.05, 3.63) is 28.8 Å². The summed E-state index contributed by atoms with van der Waals surface area (Å²) < 4.78 is 47.5. The molecular weight excluding hydrogens is 276 g/mol. The molecule has 0 radical (unpaired) electrons. The second kappa shape index (κ2) is 4.77. The Bertz CT molecular complexity index is 607. The van der Waals surface area contributed by atoms with Gasteiger partial charge in [-0.25, -0.2) is 17.2 Å². The Hall–Kier alpha value is -1.52. The van der Waals surface area contributed by atoms with Crippen LogP contribution in [0, 0.1) is 11.3 Å². The van der Waals surface area contributed by atoms with Gasteiger partial charge in [-0.2, -0.15) is 5.26 Å². The van der Waals surface area contributed by atoms with Gasteiger partial charge in [0.1, 0.15) is 4.90 Å². The number of aldehydes is 1. The molecule has 1 aromatic rings. The molecule has 0 saturated heterocycles. The normalized spacial score (nSPS) is 11.2. The van der Waals surface area contributed by atoms with Crippen LogP contribution in [0.1, 0.15) is 27.9 Å². The molecule has 0 fully saturated rings. The van der Waals surface area contributed by atoms with E-state index in [4.69, 9.17) is 15.9 Å². The fourth-order valence-corrected chi connectivity index (χ4v) is 2.65. The summed E-state index contributed by atoms with van der Waals surface area (Å²) in [5, 5.41) is 8.63. The summed E-state index contributed by atoms with van der Waals surface area (Å²) in [6.45, 7) is 0. The zero-order valence-electron chi connectivity index (χ0n) is 8.02. The van der Waals surface area contributed by atoms with E-state index in [0.29, 0.717) is 0 Å². The summed E-state index contributed by atoms with van der Waals surface area (Å²) in [6, 6.07) is 3.22. The first-order valence-corrected chi connectivity index (χ1v) is 6.38. The predicted octanol–water partition coefficient (Wildman–Crippen LogP) is 2.24. The van der Waals surface area contributed by atoms with Gasteiger partial charge in [0.15, 0.2) is 6.29 Å². The number of carbonyl (C=O) groups excluding carboxylic acids is 1. The molecule has 0 bridgehead atoms. The van der Waals surface area contributed by atoms with E-state index in [9.17, 15) is 22.0 Å². The van der Waals surface area contributed by atoms with Gasteiger partial charge in [-0.1, -0.05) is 6.07 Å². The Morgan fingerprint density at radius 2 is 2.00 bits per heavy atom. The van der Waals surface area contributed by atoms with Gasteiger partial charge in [0.2, 0.25) is 0 Å². The molecule has 0 heterocycles. The lowest BCUT2D eigenvalue weighted by Crippen LogP contribution is -2.06. The molecule has 0 aliphatic carbocycles. The third-order valence-electron chi connectivity index (χ3n) is 1.94. The summed E-state index contributed by atoms with van der Waals surface area (Å²) in [5.74, 6) is 0. The highest BCUT2D eigenvalue weighted by molar-refractivity contribution is 8.13. The van der Waals surface area contributed by atoms with Crippen molar-refractivity contribution in [1.29, 1.82) is 5.26 Å². The van der Waals surface area contributed by atoms with Gasteiger partial charge in [-0.05, 0) is 6.07 Å². The summed E-state index contributed by atoms with van der Waals surface area (Å²) in [4.78, 5) is 9.70. The Balaban J connectivity index is 3.83. The Labute approximate surface area is 99.8 Å². The lowest BCUT2D eigenvalue weighted by atomic mass is 10.1. The van der Waals surface area contributed by atoms with Crippen LogP contribution < -0.4 is 0 Å². The van der Waals surface area contributed by atoms with E-state index in [2.05, 4.69) is 0 Å². The van der Waals surface area contributed by atoms with Crippen LogP contribution in [0.3, 0.4) is 0 Å². The van der Waals surface area contributed by atoms with Gasteiger partial charge >= 0.3 is 0 Å². The number of nitriles is 1. The molecule has 8 heteroatoms. The number of benzene rings is 1. The van der Waals surface area contributed by atoms with E-state index in [0.717, 1.165) is 12.1 Å². The fourth-order valence-electron chi connectivity index (χ4n) is 1.27. The Kier molecular flexibility index (Phi) is 3.80. The van der Waals surface area contributed by atoms with Crippen molar-refractivity contribution < 1.29 is 22.0 Å². The van der Waals surface area contributed by atoms with Crippen LogP contribution >= 0.6 is 10.7 Å². The lowest BCUT2D eigenvalue weighted by molar-refractivity contribution is 0.111. The van der Waals surface area contributed by atoms with E-state index in [-0.39, 0.29) is 11.8 Å². The zero-order chi connectivity index (χ0) is 13.2. The second-order valence-electron chi connectivity index (χ2n) is 2.91. The molecule has 0 atom stereocenters. The first-order chi connectivity index (χ1) is 7.82. The van der Waals surface area contributed by atoms with Gasteiger partial charge in [-0.15, -0.1) is 0 Å². The molecule has 1 rings (SSSR count). The Morgan fingerprint density at radius 1 is 1.41 bits per heavy atom. The minimum absolute atomic E-state index is 0.0136. The van der Waals surface area contributed by atoms with Crippen molar-refractivity contribution in [2.75, 3.05) is 0 Å². The first kappa shape index (κ1) is 13.5. The average Bonchev–Trinajstić information content (AvgIpc) is 2.25. The molecule has 0 aliphatic rings. The highest BCUT2D eigenvalue weighted by Gasteiger charge is 2.27. The molecule has 4 nitrogen and oxygen atoms in total. The van der Waals surface area contributed by atoms with Crippen LogP contribution in [0.15, 0.2) is 17.0 Å². The average molecular weight is 280 g/mol. The number of nitrogens with zero attached hydrogens (tertiary/aromatic N) is 1. The lowest BCUT2D eigenvalue weighted by Gasteiger charge is -2.09. The number of halogens is 3. The fraction of sp³-hybridized carbons (Fsp3) is 0.111. The number of hydrogen-bond acceptors (Lipinski definition) is 4. The highest BCUT2D eigenvalue weighted by atomic mass is 35.7. The summed E-state index contributed by atoms with van der Waals surface area (Å²) in [6.07, 6.45) is -3.11. The van der Waals surface area contributed by atoms with Crippen LogP contribution in [-0.2, 0) is 9.05 Å². The molecule has 90 valence electrons. The minimum Gasteiger partial charge on any atom is -0.298 e. The molecule has 0 aliphatic heterocycles. The van der Waals surface area contributed by atoms with Crippen molar-refractivity contribution >= 4 is 26.0 Å². The highest BCUT2D eigenvalue weighted by Crippen LogP contribution is 2.32. The molecule has 0 unspecified atom stereocenters. The molecular formula is C9H4ClF2NO3S. The maximum absolute atomic E-state index is 12.6. The minimum atomic E-state index is -4.54. The van der Waals surface area contributed by atoms with E-state index in [1.165, 1.54) is 6.07 Å². The van der Waals surface area contributed by atoms with E-state index >= 15 is 0 Å². The maximum Gasteiger partial charge on any atom is 0.265 e. The van der Waals surface area contributed by atoms with Gasteiger partial charge in [0.05, 0.1) is 17.2 Å². The van der Waals surface area contributed by atoms with Crippen molar-refractivity contribution in [2.24, 2.45) is 0 Å². The molecule has 17 heavy (non-hydrogen) atoms. The summed E-state index contributed by atoms with van der Waals surface area (Å²) >= 11 is 0. The molecule has 1 aromatic carbocycles. The standard InChI is InChI=1S/C9H4ClF2NO3S/c10-17(15,16)8-6(9(11)12)2-1-5(3-13)7(8)4-14/h1-2,4,9H. The SMILES string of the molecule is N#Cc1ccc(C(F)F)c(S(=O)(=O)Cl)c1C=O. The second-order valence-corrected chi connectivity index (χ2v) is 5.42. The van der Waals surface area contributed by atoms with Crippen LogP contribution in [0.5, 0.6) is 0 Å². The van der Waals surface area contributed by atoms with Crippen LogP contribution in [-0.4, -0.2) is 14.7 Å².